The van der Waals surface area contributed by atoms with Gasteiger partial charge in [0.25, 0.3) is 0 Å². The summed E-state index contributed by atoms with van der Waals surface area (Å²) in [4.78, 5) is 28.4. The highest BCUT2D eigenvalue weighted by molar-refractivity contribution is 6.03. The Morgan fingerprint density at radius 1 is 0.837 bits per heavy atom. The number of nitrogens with zero attached hydrogens (tertiary/aromatic N) is 4. The molecule has 0 fully saturated rings. The lowest BCUT2D eigenvalue weighted by Gasteiger charge is -2.45. The third kappa shape index (κ3) is 4.57. The van der Waals surface area contributed by atoms with Gasteiger partial charge in [0, 0.05) is 65.4 Å². The van der Waals surface area contributed by atoms with Crippen LogP contribution in [0.15, 0.2) is 89.5 Å². The number of aromatic amines is 1. The first-order valence-electron chi connectivity index (χ1n) is 17.2. The number of carbonyl (C=O) groups excluding carboxylic acids is 2. The molecule has 2 aromatic carbocycles. The van der Waals surface area contributed by atoms with Gasteiger partial charge in [-0.3, -0.25) is 19.4 Å². The number of allylic oxidation sites excluding steroid dienone is 4. The number of benzene rings is 2. The summed E-state index contributed by atoms with van der Waals surface area (Å²) in [5.41, 5.74) is 5.84. The Hall–Kier alpha value is -5.23. The Bertz CT molecular complexity index is 2160. The Morgan fingerprint density at radius 3 is 2.31 bits per heavy atom. The van der Waals surface area contributed by atoms with E-state index in [0.717, 1.165) is 63.5 Å². The van der Waals surface area contributed by atoms with Gasteiger partial charge in [0.1, 0.15) is 0 Å². The Morgan fingerprint density at radius 2 is 1.55 bits per heavy atom. The van der Waals surface area contributed by atoms with Crippen molar-refractivity contribution in [1.82, 2.24) is 20.0 Å². The number of nitrogens with one attached hydrogen (secondary N) is 3. The summed E-state index contributed by atoms with van der Waals surface area (Å²) >= 11 is 0. The molecule has 2 aliphatic heterocycles. The number of fused-ring (bicyclic) bond motifs is 2. The highest BCUT2D eigenvalue weighted by Crippen LogP contribution is 2.55. The van der Waals surface area contributed by atoms with E-state index in [1.165, 1.54) is 0 Å². The highest BCUT2D eigenvalue weighted by Gasteiger charge is 2.52. The lowest BCUT2D eigenvalue weighted by molar-refractivity contribution is -0.120. The minimum Gasteiger partial charge on any atom is -0.342 e. The van der Waals surface area contributed by atoms with Crippen LogP contribution in [0.3, 0.4) is 0 Å². The standard InChI is InChI=1S/C40H41N7O2/c1-6-40(25-12-8-7-9-13-25)28-22-47(46-36(28)44-29-16-37(2,3)18-31(48)34(29)40)23-38(4)17-30-33(32(49)19-38)39(5,27-21-42-45-35(27)43-30)26-14-10-11-24(15-26)20-41/h7-15,21-22H,6,16-19,23H2,1-5H3,(H,44,46)(H2,42,43,45)/t38?,39-,40-/m1/s1. The summed E-state index contributed by atoms with van der Waals surface area (Å²) in [5, 5.41) is 29.4. The van der Waals surface area contributed by atoms with Crippen molar-refractivity contribution in [3.63, 3.8) is 0 Å². The fourth-order valence-electron chi connectivity index (χ4n) is 9.36. The number of hydrogen-bond acceptors (Lipinski definition) is 7. The molecule has 3 atom stereocenters. The lowest BCUT2D eigenvalue weighted by Crippen LogP contribution is -2.43. The molecule has 0 saturated heterocycles. The molecule has 0 saturated carbocycles. The maximum Gasteiger partial charge on any atom is 0.162 e. The first-order chi connectivity index (χ1) is 23.4. The Balaban J connectivity index is 1.19. The number of ketones is 2. The lowest BCUT2D eigenvalue weighted by atomic mass is 9.60. The number of Topliss-reactive ketones (excluding diaryl/α,β-unsaturated/α-hetero) is 2. The number of carbonyl (C=O) groups is 2. The number of hydrogen-bond donors (Lipinski definition) is 3. The van der Waals surface area contributed by atoms with Crippen LogP contribution in [-0.2, 0) is 27.0 Å². The summed E-state index contributed by atoms with van der Waals surface area (Å²) in [7, 11) is 0. The number of aromatic nitrogens is 4. The molecule has 248 valence electrons. The van der Waals surface area contributed by atoms with Gasteiger partial charge in [0.15, 0.2) is 23.2 Å². The summed E-state index contributed by atoms with van der Waals surface area (Å²) in [6, 6.07) is 20.1. The summed E-state index contributed by atoms with van der Waals surface area (Å²) in [6.45, 7) is 11.2. The van der Waals surface area contributed by atoms with Gasteiger partial charge < -0.3 is 10.6 Å². The van der Waals surface area contributed by atoms with E-state index in [4.69, 9.17) is 5.10 Å². The van der Waals surface area contributed by atoms with Gasteiger partial charge in [-0.15, -0.1) is 0 Å². The normalized spacial score (nSPS) is 26.9. The first-order valence-corrected chi connectivity index (χ1v) is 17.2. The summed E-state index contributed by atoms with van der Waals surface area (Å²) in [5.74, 6) is 1.73. The molecule has 9 nitrogen and oxygen atoms in total. The van der Waals surface area contributed by atoms with Crippen LogP contribution in [0, 0.1) is 22.2 Å². The van der Waals surface area contributed by atoms with Crippen LogP contribution in [0.5, 0.6) is 0 Å². The van der Waals surface area contributed by atoms with E-state index in [-0.39, 0.29) is 17.0 Å². The maximum absolute atomic E-state index is 14.4. The van der Waals surface area contributed by atoms with Gasteiger partial charge in [-0.1, -0.05) is 70.2 Å². The molecule has 8 rings (SSSR count). The second-order valence-electron chi connectivity index (χ2n) is 15.7. The number of nitriles is 1. The van der Waals surface area contributed by atoms with E-state index < -0.39 is 16.2 Å². The van der Waals surface area contributed by atoms with Crippen molar-refractivity contribution >= 4 is 23.2 Å². The topological polar surface area (TPSA) is 128 Å². The quantitative estimate of drug-likeness (QED) is 0.207. The van der Waals surface area contributed by atoms with Crippen molar-refractivity contribution in [2.45, 2.75) is 84.1 Å². The highest BCUT2D eigenvalue weighted by atomic mass is 16.1. The average molecular weight is 652 g/mol. The van der Waals surface area contributed by atoms with Crippen LogP contribution in [0.25, 0.3) is 0 Å². The van der Waals surface area contributed by atoms with Gasteiger partial charge in [0.2, 0.25) is 0 Å². The van der Waals surface area contributed by atoms with Crippen molar-refractivity contribution in [1.29, 1.82) is 5.26 Å². The molecule has 2 aliphatic carbocycles. The fraction of sp³-hybridized carbons (Fsp3) is 0.375. The SMILES string of the molecule is CC[C@]1(c2ccccc2)C2=C(CC(C)(C)CC2=O)Nc2nn(CC3(C)CC(=O)C4=C(C3)Nc3n[nH]cc3[C@@]4(C)c3cccc(C#N)c3)cc21. The van der Waals surface area contributed by atoms with Gasteiger partial charge in [-0.05, 0) is 60.3 Å². The van der Waals surface area contributed by atoms with Gasteiger partial charge >= 0.3 is 0 Å². The molecule has 9 heteroatoms. The van der Waals surface area contributed by atoms with Crippen molar-refractivity contribution in [2.24, 2.45) is 10.8 Å². The molecular formula is C40H41N7O2. The second kappa shape index (κ2) is 10.6. The molecule has 0 radical (unpaired) electrons. The van der Waals surface area contributed by atoms with Crippen molar-refractivity contribution in [3.8, 4) is 6.07 Å². The van der Waals surface area contributed by atoms with Gasteiger partial charge in [-0.2, -0.15) is 15.5 Å². The monoisotopic (exact) mass is 651 g/mol. The molecule has 4 heterocycles. The van der Waals surface area contributed by atoms with E-state index in [9.17, 15) is 14.9 Å². The third-order valence-electron chi connectivity index (χ3n) is 11.4. The van der Waals surface area contributed by atoms with Crippen molar-refractivity contribution in [2.75, 3.05) is 10.6 Å². The molecule has 4 aliphatic rings. The van der Waals surface area contributed by atoms with E-state index in [2.05, 4.69) is 79.8 Å². The molecule has 1 unspecified atom stereocenters. The number of H-pyrrole nitrogens is 1. The molecule has 49 heavy (non-hydrogen) atoms. The molecule has 3 N–H and O–H groups in total. The Kier molecular flexibility index (Phi) is 6.74. The van der Waals surface area contributed by atoms with Crippen LogP contribution in [0.1, 0.15) is 94.5 Å². The van der Waals surface area contributed by atoms with Crippen LogP contribution < -0.4 is 10.6 Å². The molecule has 0 amide bonds. The van der Waals surface area contributed by atoms with Crippen LogP contribution in [0.2, 0.25) is 0 Å². The molecule has 0 spiro atoms. The van der Waals surface area contributed by atoms with Crippen molar-refractivity contribution < 1.29 is 9.59 Å². The fourth-order valence-corrected chi connectivity index (χ4v) is 9.36. The maximum atomic E-state index is 14.4. The van der Waals surface area contributed by atoms with Crippen LogP contribution >= 0.6 is 0 Å². The zero-order valence-electron chi connectivity index (χ0n) is 28.7. The van der Waals surface area contributed by atoms with Gasteiger partial charge in [0.05, 0.1) is 22.5 Å². The zero-order valence-corrected chi connectivity index (χ0v) is 28.7. The van der Waals surface area contributed by atoms with E-state index >= 15 is 0 Å². The van der Waals surface area contributed by atoms with Crippen LogP contribution in [-0.4, -0.2) is 31.5 Å². The second-order valence-corrected chi connectivity index (χ2v) is 15.7. The number of anilines is 2. The summed E-state index contributed by atoms with van der Waals surface area (Å²) in [6.07, 6.45) is 6.90. The van der Waals surface area contributed by atoms with E-state index in [1.807, 2.05) is 47.3 Å². The number of rotatable bonds is 5. The molecule has 2 aromatic heterocycles. The predicted molar refractivity (Wildman–Crippen MR) is 188 cm³/mol. The zero-order chi connectivity index (χ0) is 34.3. The molecule has 4 aromatic rings. The first kappa shape index (κ1) is 31.1. The minimum atomic E-state index is -0.773. The van der Waals surface area contributed by atoms with E-state index in [1.54, 1.807) is 6.07 Å². The molecular weight excluding hydrogens is 610 g/mol. The van der Waals surface area contributed by atoms with Crippen molar-refractivity contribution in [3.05, 3.63) is 117 Å². The summed E-state index contributed by atoms with van der Waals surface area (Å²) < 4.78 is 1.98. The predicted octanol–water partition coefficient (Wildman–Crippen LogP) is 7.30. The molecule has 0 bridgehead atoms. The third-order valence-corrected chi connectivity index (χ3v) is 11.4. The van der Waals surface area contributed by atoms with Gasteiger partial charge in [-0.25, -0.2) is 0 Å². The van der Waals surface area contributed by atoms with Crippen LogP contribution in [0.4, 0.5) is 11.6 Å². The average Bonchev–Trinajstić information content (AvgIpc) is 3.70. The largest absolute Gasteiger partial charge is 0.342 e. The minimum absolute atomic E-state index is 0.0696. The Labute approximate surface area is 286 Å². The smallest absolute Gasteiger partial charge is 0.162 e. The van der Waals surface area contributed by atoms with E-state index in [0.29, 0.717) is 37.2 Å².